The number of hydrogen-bond donors (Lipinski definition) is 0. The van der Waals surface area contributed by atoms with E-state index in [1.807, 2.05) is 67.4 Å². The molecule has 0 radical (unpaired) electrons. The van der Waals surface area contributed by atoms with E-state index in [1.54, 1.807) is 4.90 Å². The molecule has 1 aromatic heterocycles. The third kappa shape index (κ3) is 3.07. The standard InChI is InChI=1S/C29H27N3O2/c1-19(28(33)31-16-15-20-9-3-4-10-21(20)17-31)32-27(23-12-5-6-13-24(23)29(32)34)25-18-30(2)26-14-8-7-11-22(25)26/h3-14,18-19,27H,15-17H2,1-2H3. The fourth-order valence-corrected chi connectivity index (χ4v) is 5.71. The van der Waals surface area contributed by atoms with Crippen molar-refractivity contribution in [2.24, 2.45) is 7.05 Å². The maximum absolute atomic E-state index is 13.8. The molecule has 5 heteroatoms. The SMILES string of the molecule is CC(C(=O)N1CCc2ccccc2C1)N1C(=O)c2ccccc2C1c1cn(C)c2ccccc12. The van der Waals surface area contributed by atoms with E-state index in [1.165, 1.54) is 11.1 Å². The van der Waals surface area contributed by atoms with Crippen LogP contribution in [-0.2, 0) is 24.8 Å². The van der Waals surface area contributed by atoms with Crippen molar-refractivity contribution in [3.8, 4) is 0 Å². The molecule has 0 bridgehead atoms. The Morgan fingerprint density at radius 2 is 1.62 bits per heavy atom. The highest BCUT2D eigenvalue weighted by molar-refractivity contribution is 6.03. The topological polar surface area (TPSA) is 45.6 Å². The molecule has 3 aromatic carbocycles. The van der Waals surface area contributed by atoms with E-state index in [2.05, 4.69) is 35.0 Å². The highest BCUT2D eigenvalue weighted by Gasteiger charge is 2.44. The molecule has 4 aromatic rings. The number of aromatic nitrogens is 1. The number of rotatable bonds is 3. The average Bonchev–Trinajstić information content (AvgIpc) is 3.37. The van der Waals surface area contributed by atoms with Crippen LogP contribution in [0.4, 0.5) is 0 Å². The molecule has 34 heavy (non-hydrogen) atoms. The lowest BCUT2D eigenvalue weighted by molar-refractivity contribution is -0.136. The summed E-state index contributed by atoms with van der Waals surface area (Å²) in [5.41, 5.74) is 6.31. The van der Waals surface area contributed by atoms with Gasteiger partial charge in [-0.3, -0.25) is 9.59 Å². The first-order valence-electron chi connectivity index (χ1n) is 11.9. The second-order valence-electron chi connectivity index (χ2n) is 9.37. The van der Waals surface area contributed by atoms with Gasteiger partial charge in [0.1, 0.15) is 6.04 Å². The molecule has 0 spiro atoms. The van der Waals surface area contributed by atoms with Crippen LogP contribution < -0.4 is 0 Å². The molecule has 2 unspecified atom stereocenters. The molecule has 0 saturated carbocycles. The van der Waals surface area contributed by atoms with Gasteiger partial charge in [-0.2, -0.15) is 0 Å². The second-order valence-corrected chi connectivity index (χ2v) is 9.37. The molecule has 2 atom stereocenters. The third-order valence-corrected chi connectivity index (χ3v) is 7.44. The number of benzene rings is 3. The number of aryl methyl sites for hydroxylation is 1. The lowest BCUT2D eigenvalue weighted by atomic mass is 9.96. The second kappa shape index (κ2) is 7.87. The largest absolute Gasteiger partial charge is 0.350 e. The zero-order valence-corrected chi connectivity index (χ0v) is 19.4. The van der Waals surface area contributed by atoms with Crippen molar-refractivity contribution in [2.45, 2.75) is 32.0 Å². The first-order valence-corrected chi connectivity index (χ1v) is 11.9. The fourth-order valence-electron chi connectivity index (χ4n) is 5.71. The van der Waals surface area contributed by atoms with Gasteiger partial charge in [-0.05, 0) is 42.2 Å². The van der Waals surface area contributed by atoms with Crippen LogP contribution in [0.5, 0.6) is 0 Å². The highest BCUT2D eigenvalue weighted by atomic mass is 16.2. The van der Waals surface area contributed by atoms with Crippen molar-refractivity contribution in [3.63, 3.8) is 0 Å². The highest BCUT2D eigenvalue weighted by Crippen LogP contribution is 2.43. The number of carbonyl (C=O) groups is 2. The first-order chi connectivity index (χ1) is 16.5. The summed E-state index contributed by atoms with van der Waals surface area (Å²) in [6.07, 6.45) is 2.95. The van der Waals surface area contributed by atoms with Crippen LogP contribution in [-0.4, -0.2) is 38.8 Å². The van der Waals surface area contributed by atoms with Gasteiger partial charge in [0.05, 0.1) is 6.04 Å². The molecular formula is C29H27N3O2. The molecule has 2 amide bonds. The van der Waals surface area contributed by atoms with Crippen LogP contribution in [0.3, 0.4) is 0 Å². The number of para-hydroxylation sites is 1. The molecular weight excluding hydrogens is 422 g/mol. The Balaban J connectivity index is 1.41. The molecule has 170 valence electrons. The molecule has 0 fully saturated rings. The molecule has 0 saturated heterocycles. The van der Waals surface area contributed by atoms with E-state index in [4.69, 9.17) is 0 Å². The van der Waals surface area contributed by atoms with Gasteiger partial charge >= 0.3 is 0 Å². The van der Waals surface area contributed by atoms with Gasteiger partial charge in [-0.15, -0.1) is 0 Å². The van der Waals surface area contributed by atoms with Crippen LogP contribution in [0, 0.1) is 0 Å². The van der Waals surface area contributed by atoms with E-state index in [9.17, 15) is 9.59 Å². The van der Waals surface area contributed by atoms with Gasteiger partial charge in [0.15, 0.2) is 0 Å². The van der Waals surface area contributed by atoms with Crippen molar-refractivity contribution in [2.75, 3.05) is 6.54 Å². The molecule has 5 nitrogen and oxygen atoms in total. The Bertz CT molecular complexity index is 1440. The smallest absolute Gasteiger partial charge is 0.255 e. The predicted octanol–water partition coefficient (Wildman–Crippen LogP) is 4.70. The lowest BCUT2D eigenvalue weighted by Crippen LogP contribution is -2.49. The van der Waals surface area contributed by atoms with Gasteiger partial charge < -0.3 is 14.4 Å². The Labute approximate surface area is 199 Å². The van der Waals surface area contributed by atoms with Gasteiger partial charge in [-0.25, -0.2) is 0 Å². The van der Waals surface area contributed by atoms with Gasteiger partial charge in [0.2, 0.25) is 5.91 Å². The van der Waals surface area contributed by atoms with Crippen molar-refractivity contribution in [3.05, 3.63) is 107 Å². The fraction of sp³-hybridized carbons (Fsp3) is 0.241. The third-order valence-electron chi connectivity index (χ3n) is 7.44. The van der Waals surface area contributed by atoms with Crippen LogP contribution >= 0.6 is 0 Å². The summed E-state index contributed by atoms with van der Waals surface area (Å²) >= 11 is 0. The summed E-state index contributed by atoms with van der Waals surface area (Å²) in [6.45, 7) is 3.14. The average molecular weight is 450 g/mol. The summed E-state index contributed by atoms with van der Waals surface area (Å²) < 4.78 is 2.10. The molecule has 6 rings (SSSR count). The van der Waals surface area contributed by atoms with E-state index < -0.39 is 6.04 Å². The summed E-state index contributed by atoms with van der Waals surface area (Å²) in [5, 5.41) is 1.11. The normalized spacial score (nSPS) is 18.2. The molecule has 3 heterocycles. The van der Waals surface area contributed by atoms with Crippen LogP contribution in [0.1, 0.15) is 45.6 Å². The number of fused-ring (bicyclic) bond motifs is 3. The van der Waals surface area contributed by atoms with Gasteiger partial charge in [-0.1, -0.05) is 60.7 Å². The quantitative estimate of drug-likeness (QED) is 0.455. The monoisotopic (exact) mass is 449 g/mol. The minimum Gasteiger partial charge on any atom is -0.350 e. The van der Waals surface area contributed by atoms with E-state index >= 15 is 0 Å². The van der Waals surface area contributed by atoms with E-state index in [0.717, 1.165) is 28.5 Å². The number of nitrogens with zero attached hydrogens (tertiary/aromatic N) is 3. The minimum absolute atomic E-state index is 0.000830. The summed E-state index contributed by atoms with van der Waals surface area (Å²) in [5.74, 6) is -0.0762. The Kier molecular flexibility index (Phi) is 4.80. The van der Waals surface area contributed by atoms with Crippen molar-refractivity contribution in [1.82, 2.24) is 14.4 Å². The van der Waals surface area contributed by atoms with E-state index in [-0.39, 0.29) is 17.9 Å². The minimum atomic E-state index is -0.575. The number of hydrogen-bond acceptors (Lipinski definition) is 2. The van der Waals surface area contributed by atoms with Gasteiger partial charge in [0, 0.05) is 48.4 Å². The summed E-state index contributed by atoms with van der Waals surface area (Å²) in [4.78, 5) is 31.2. The predicted molar refractivity (Wildman–Crippen MR) is 132 cm³/mol. The first kappa shape index (κ1) is 20.7. The summed E-state index contributed by atoms with van der Waals surface area (Å²) in [6, 6.07) is 23.4. The molecule has 0 aliphatic carbocycles. The molecule has 2 aliphatic heterocycles. The van der Waals surface area contributed by atoms with Crippen LogP contribution in [0.2, 0.25) is 0 Å². The maximum Gasteiger partial charge on any atom is 0.255 e. The zero-order valence-electron chi connectivity index (χ0n) is 19.4. The van der Waals surface area contributed by atoms with Crippen LogP contribution in [0.25, 0.3) is 10.9 Å². The molecule has 2 aliphatic rings. The summed E-state index contributed by atoms with van der Waals surface area (Å²) in [7, 11) is 2.03. The van der Waals surface area contributed by atoms with E-state index in [0.29, 0.717) is 18.7 Å². The maximum atomic E-state index is 13.8. The number of amides is 2. The van der Waals surface area contributed by atoms with Crippen molar-refractivity contribution < 1.29 is 9.59 Å². The molecule has 0 N–H and O–H groups in total. The Morgan fingerprint density at radius 3 is 2.47 bits per heavy atom. The van der Waals surface area contributed by atoms with Crippen molar-refractivity contribution in [1.29, 1.82) is 0 Å². The van der Waals surface area contributed by atoms with Gasteiger partial charge in [0.25, 0.3) is 5.91 Å². The Morgan fingerprint density at radius 1 is 0.912 bits per heavy atom. The number of carbonyl (C=O) groups excluding carboxylic acids is 2. The van der Waals surface area contributed by atoms with Crippen LogP contribution in [0.15, 0.2) is 79.0 Å². The zero-order chi connectivity index (χ0) is 23.4. The Hall–Kier alpha value is -3.86. The van der Waals surface area contributed by atoms with Crippen molar-refractivity contribution >= 4 is 22.7 Å². The lowest BCUT2D eigenvalue weighted by Gasteiger charge is -2.36.